The highest BCUT2D eigenvalue weighted by Gasteiger charge is 2.48. The standard InChI is InChI=1S/C12H19NO3/c1-2-3-9-11(15)13-10(14)8-12(9)4-6-16-7-5-12/h9H,2-8H2,1H3,(H,13,14,15). The first kappa shape index (κ1) is 11.6. The summed E-state index contributed by atoms with van der Waals surface area (Å²) in [5.74, 6) is -0.182. The van der Waals surface area contributed by atoms with Gasteiger partial charge in [-0.3, -0.25) is 14.9 Å². The average molecular weight is 225 g/mol. The molecule has 2 rings (SSSR count). The Balaban J connectivity index is 2.21. The second kappa shape index (κ2) is 4.53. The van der Waals surface area contributed by atoms with Crippen LogP contribution >= 0.6 is 0 Å². The number of rotatable bonds is 2. The quantitative estimate of drug-likeness (QED) is 0.719. The fourth-order valence-electron chi connectivity index (χ4n) is 3.02. The molecule has 1 unspecified atom stereocenters. The van der Waals surface area contributed by atoms with Crippen LogP contribution in [0.3, 0.4) is 0 Å². The summed E-state index contributed by atoms with van der Waals surface area (Å²) in [6.07, 6.45) is 4.04. The third-order valence-electron chi connectivity index (χ3n) is 3.90. The van der Waals surface area contributed by atoms with E-state index in [1.807, 2.05) is 0 Å². The maximum Gasteiger partial charge on any atom is 0.230 e. The number of hydrogen-bond acceptors (Lipinski definition) is 3. The molecule has 2 aliphatic heterocycles. The first-order chi connectivity index (χ1) is 7.68. The van der Waals surface area contributed by atoms with Gasteiger partial charge in [0.05, 0.1) is 0 Å². The Morgan fingerprint density at radius 3 is 2.69 bits per heavy atom. The largest absolute Gasteiger partial charge is 0.381 e. The van der Waals surface area contributed by atoms with Crippen LogP contribution in [0.4, 0.5) is 0 Å². The van der Waals surface area contributed by atoms with E-state index in [0.29, 0.717) is 19.6 Å². The van der Waals surface area contributed by atoms with Gasteiger partial charge in [0.25, 0.3) is 0 Å². The lowest BCUT2D eigenvalue weighted by molar-refractivity contribution is -0.149. The summed E-state index contributed by atoms with van der Waals surface area (Å²) >= 11 is 0. The van der Waals surface area contributed by atoms with Crippen molar-refractivity contribution in [3.8, 4) is 0 Å². The van der Waals surface area contributed by atoms with E-state index >= 15 is 0 Å². The minimum Gasteiger partial charge on any atom is -0.381 e. The van der Waals surface area contributed by atoms with E-state index in [1.54, 1.807) is 0 Å². The number of carbonyl (C=O) groups excluding carboxylic acids is 2. The van der Waals surface area contributed by atoms with Crippen molar-refractivity contribution in [2.45, 2.75) is 39.0 Å². The molecular formula is C12H19NO3. The molecule has 2 fully saturated rings. The second-order valence-electron chi connectivity index (χ2n) is 4.91. The van der Waals surface area contributed by atoms with Crippen LogP contribution in [0.5, 0.6) is 0 Å². The van der Waals surface area contributed by atoms with Crippen molar-refractivity contribution >= 4 is 11.8 Å². The Morgan fingerprint density at radius 1 is 1.38 bits per heavy atom. The highest BCUT2D eigenvalue weighted by atomic mass is 16.5. The summed E-state index contributed by atoms with van der Waals surface area (Å²) in [6, 6.07) is 0. The van der Waals surface area contributed by atoms with Gasteiger partial charge < -0.3 is 4.74 Å². The van der Waals surface area contributed by atoms with Crippen LogP contribution in [-0.4, -0.2) is 25.0 Å². The Labute approximate surface area is 95.7 Å². The Hall–Kier alpha value is -0.900. The third-order valence-corrected chi connectivity index (χ3v) is 3.90. The van der Waals surface area contributed by atoms with E-state index in [9.17, 15) is 9.59 Å². The summed E-state index contributed by atoms with van der Waals surface area (Å²) in [6.45, 7) is 3.44. The maximum atomic E-state index is 11.9. The predicted octanol–water partition coefficient (Wildman–Crippen LogP) is 1.25. The van der Waals surface area contributed by atoms with Gasteiger partial charge in [0.2, 0.25) is 11.8 Å². The lowest BCUT2D eigenvalue weighted by Gasteiger charge is -2.45. The van der Waals surface area contributed by atoms with Gasteiger partial charge in [0, 0.05) is 25.6 Å². The van der Waals surface area contributed by atoms with Gasteiger partial charge >= 0.3 is 0 Å². The second-order valence-corrected chi connectivity index (χ2v) is 4.91. The van der Waals surface area contributed by atoms with Crippen LogP contribution in [0.25, 0.3) is 0 Å². The molecule has 0 aromatic heterocycles. The van der Waals surface area contributed by atoms with E-state index in [0.717, 1.165) is 25.7 Å². The lowest BCUT2D eigenvalue weighted by Crippen LogP contribution is -2.53. The molecule has 0 aliphatic carbocycles. The molecule has 1 atom stereocenters. The molecule has 0 aromatic carbocycles. The molecule has 16 heavy (non-hydrogen) atoms. The van der Waals surface area contributed by atoms with E-state index in [2.05, 4.69) is 12.2 Å². The first-order valence-electron chi connectivity index (χ1n) is 6.09. The summed E-state index contributed by atoms with van der Waals surface area (Å²) in [4.78, 5) is 23.4. The summed E-state index contributed by atoms with van der Waals surface area (Å²) < 4.78 is 5.35. The first-order valence-corrected chi connectivity index (χ1v) is 6.09. The molecule has 1 N–H and O–H groups in total. The van der Waals surface area contributed by atoms with Crippen LogP contribution < -0.4 is 5.32 Å². The molecular weight excluding hydrogens is 206 g/mol. The summed E-state index contributed by atoms with van der Waals surface area (Å²) in [5, 5.41) is 2.47. The molecule has 2 heterocycles. The summed E-state index contributed by atoms with van der Waals surface area (Å²) in [5.41, 5.74) is -0.117. The molecule has 4 heteroatoms. The van der Waals surface area contributed by atoms with Crippen LogP contribution in [0, 0.1) is 11.3 Å². The molecule has 2 saturated heterocycles. The van der Waals surface area contributed by atoms with Crippen LogP contribution in [0.1, 0.15) is 39.0 Å². The molecule has 2 amide bonds. The monoisotopic (exact) mass is 225 g/mol. The van der Waals surface area contributed by atoms with Crippen molar-refractivity contribution in [1.29, 1.82) is 0 Å². The van der Waals surface area contributed by atoms with Crippen molar-refractivity contribution in [2.24, 2.45) is 11.3 Å². The number of hydrogen-bond donors (Lipinski definition) is 1. The topological polar surface area (TPSA) is 55.4 Å². The van der Waals surface area contributed by atoms with Crippen LogP contribution in [0.15, 0.2) is 0 Å². The number of ether oxygens (including phenoxy) is 1. The molecule has 0 aromatic rings. The van der Waals surface area contributed by atoms with Gasteiger partial charge in [0.1, 0.15) is 0 Å². The van der Waals surface area contributed by atoms with Crippen LogP contribution in [0.2, 0.25) is 0 Å². The highest BCUT2D eigenvalue weighted by Crippen LogP contribution is 2.45. The van der Waals surface area contributed by atoms with E-state index < -0.39 is 0 Å². The zero-order valence-corrected chi connectivity index (χ0v) is 9.75. The van der Waals surface area contributed by atoms with Crippen molar-refractivity contribution in [1.82, 2.24) is 5.32 Å². The van der Waals surface area contributed by atoms with Crippen molar-refractivity contribution in [3.05, 3.63) is 0 Å². The minimum atomic E-state index is -0.117. The fourth-order valence-corrected chi connectivity index (χ4v) is 3.02. The third kappa shape index (κ3) is 1.98. The zero-order chi connectivity index (χ0) is 11.6. The highest BCUT2D eigenvalue weighted by molar-refractivity contribution is 5.99. The van der Waals surface area contributed by atoms with Gasteiger partial charge in [-0.25, -0.2) is 0 Å². The van der Waals surface area contributed by atoms with Gasteiger partial charge in [-0.15, -0.1) is 0 Å². The van der Waals surface area contributed by atoms with Gasteiger partial charge in [0.15, 0.2) is 0 Å². The molecule has 0 radical (unpaired) electrons. The van der Waals surface area contributed by atoms with E-state index in [4.69, 9.17) is 4.74 Å². The predicted molar refractivity (Wildman–Crippen MR) is 58.7 cm³/mol. The Kier molecular flexibility index (Phi) is 3.28. The maximum absolute atomic E-state index is 11.9. The van der Waals surface area contributed by atoms with Gasteiger partial charge in [-0.05, 0) is 24.7 Å². The Morgan fingerprint density at radius 2 is 2.06 bits per heavy atom. The Bertz CT molecular complexity index is 295. The lowest BCUT2D eigenvalue weighted by atomic mass is 9.64. The van der Waals surface area contributed by atoms with Crippen LogP contribution in [-0.2, 0) is 14.3 Å². The van der Waals surface area contributed by atoms with Gasteiger partial charge in [-0.1, -0.05) is 13.3 Å². The molecule has 1 spiro atoms. The van der Waals surface area contributed by atoms with Crippen molar-refractivity contribution < 1.29 is 14.3 Å². The molecule has 4 nitrogen and oxygen atoms in total. The van der Waals surface area contributed by atoms with Crippen molar-refractivity contribution in [2.75, 3.05) is 13.2 Å². The zero-order valence-electron chi connectivity index (χ0n) is 9.75. The average Bonchev–Trinajstić information content (AvgIpc) is 2.25. The molecule has 2 aliphatic rings. The SMILES string of the molecule is CCCC1C(=O)NC(=O)CC12CCOCC2. The number of imide groups is 1. The number of piperidine rings is 1. The van der Waals surface area contributed by atoms with E-state index in [1.165, 1.54) is 0 Å². The number of carbonyl (C=O) groups is 2. The smallest absolute Gasteiger partial charge is 0.230 e. The minimum absolute atomic E-state index is 0.000833. The number of amides is 2. The molecule has 0 saturated carbocycles. The van der Waals surface area contributed by atoms with E-state index in [-0.39, 0.29) is 23.1 Å². The van der Waals surface area contributed by atoms with Gasteiger partial charge in [-0.2, -0.15) is 0 Å². The van der Waals surface area contributed by atoms with Crippen molar-refractivity contribution in [3.63, 3.8) is 0 Å². The molecule has 0 bridgehead atoms. The molecule has 90 valence electrons. The normalized spacial score (nSPS) is 29.2. The number of nitrogens with one attached hydrogen (secondary N) is 1. The summed E-state index contributed by atoms with van der Waals surface area (Å²) in [7, 11) is 0. The fraction of sp³-hybridized carbons (Fsp3) is 0.833.